The van der Waals surface area contributed by atoms with E-state index in [1.165, 1.54) is 17.8 Å². The Bertz CT molecular complexity index is 992. The summed E-state index contributed by atoms with van der Waals surface area (Å²) in [5, 5.41) is 9.19. The number of rotatable bonds is 8. The number of aromatic nitrogens is 3. The molecule has 8 heteroatoms. The first kappa shape index (κ1) is 19.9. The maximum Gasteiger partial charge on any atom is 0.192 e. The lowest BCUT2D eigenvalue weighted by atomic mass is 10.2. The first-order chi connectivity index (χ1) is 13.6. The highest BCUT2D eigenvalue weighted by Crippen LogP contribution is 2.33. The van der Waals surface area contributed by atoms with Crippen molar-refractivity contribution >= 4 is 11.8 Å². The number of allylic oxidation sites excluding steroid dienone is 1. The van der Waals surface area contributed by atoms with Gasteiger partial charge < -0.3 is 9.47 Å². The molecular formula is C20H19F2N3O2S. The zero-order valence-electron chi connectivity index (χ0n) is 15.5. The molecule has 0 aliphatic carbocycles. The number of hydrogen-bond acceptors (Lipinski definition) is 5. The van der Waals surface area contributed by atoms with Crippen LogP contribution >= 0.6 is 11.8 Å². The van der Waals surface area contributed by atoms with Crippen molar-refractivity contribution in [2.24, 2.45) is 0 Å². The van der Waals surface area contributed by atoms with Gasteiger partial charge in [-0.05, 0) is 35.9 Å². The summed E-state index contributed by atoms with van der Waals surface area (Å²) in [4.78, 5) is 0. The van der Waals surface area contributed by atoms with Gasteiger partial charge >= 0.3 is 0 Å². The van der Waals surface area contributed by atoms with E-state index in [2.05, 4.69) is 16.8 Å². The van der Waals surface area contributed by atoms with Gasteiger partial charge in [0.15, 0.2) is 34.1 Å². The van der Waals surface area contributed by atoms with Crippen molar-refractivity contribution in [3.63, 3.8) is 0 Å². The topological polar surface area (TPSA) is 49.2 Å². The van der Waals surface area contributed by atoms with Gasteiger partial charge in [0, 0.05) is 17.9 Å². The van der Waals surface area contributed by atoms with E-state index in [4.69, 9.17) is 9.47 Å². The van der Waals surface area contributed by atoms with Gasteiger partial charge in [0.25, 0.3) is 0 Å². The van der Waals surface area contributed by atoms with E-state index in [0.29, 0.717) is 40.3 Å². The van der Waals surface area contributed by atoms with Crippen molar-refractivity contribution in [1.29, 1.82) is 0 Å². The molecule has 0 unspecified atom stereocenters. The standard InChI is InChI=1S/C20H19F2N3O2S/c1-4-9-25-19(14-6-8-17(26-2)18(11-14)27-3)23-24-20(25)28-12-13-5-7-15(21)16(22)10-13/h4-8,10-11H,1,9,12H2,2-3H3. The molecule has 0 bridgehead atoms. The van der Waals surface area contributed by atoms with Crippen molar-refractivity contribution in [2.75, 3.05) is 14.2 Å². The summed E-state index contributed by atoms with van der Waals surface area (Å²) in [5.41, 5.74) is 1.47. The lowest BCUT2D eigenvalue weighted by Crippen LogP contribution is -2.01. The van der Waals surface area contributed by atoms with Crippen molar-refractivity contribution in [3.05, 3.63) is 66.3 Å². The van der Waals surface area contributed by atoms with Gasteiger partial charge in [0.1, 0.15) is 0 Å². The molecule has 0 N–H and O–H groups in total. The SMILES string of the molecule is C=CCn1c(SCc2ccc(F)c(F)c2)nnc1-c1ccc(OC)c(OC)c1. The summed E-state index contributed by atoms with van der Waals surface area (Å²) >= 11 is 1.38. The monoisotopic (exact) mass is 403 g/mol. The van der Waals surface area contributed by atoms with Crippen LogP contribution < -0.4 is 9.47 Å². The molecule has 3 rings (SSSR count). The Hall–Kier alpha value is -2.87. The first-order valence-corrected chi connectivity index (χ1v) is 9.39. The zero-order chi connectivity index (χ0) is 20.1. The maximum absolute atomic E-state index is 13.4. The minimum Gasteiger partial charge on any atom is -0.493 e. The second-order valence-corrected chi connectivity index (χ2v) is 6.75. The minimum absolute atomic E-state index is 0.429. The van der Waals surface area contributed by atoms with Crippen molar-refractivity contribution in [1.82, 2.24) is 14.8 Å². The molecule has 5 nitrogen and oxygen atoms in total. The van der Waals surface area contributed by atoms with Gasteiger partial charge in [-0.25, -0.2) is 8.78 Å². The van der Waals surface area contributed by atoms with Crippen LogP contribution in [0.4, 0.5) is 8.78 Å². The van der Waals surface area contributed by atoms with Crippen LogP contribution in [0.15, 0.2) is 54.2 Å². The third kappa shape index (κ3) is 4.17. The summed E-state index contributed by atoms with van der Waals surface area (Å²) in [7, 11) is 3.14. The molecule has 0 fully saturated rings. The fraction of sp³-hybridized carbons (Fsp3) is 0.200. The molecule has 0 saturated carbocycles. The Morgan fingerprint density at radius 2 is 1.82 bits per heavy atom. The Balaban J connectivity index is 1.89. The zero-order valence-corrected chi connectivity index (χ0v) is 16.3. The van der Waals surface area contributed by atoms with E-state index >= 15 is 0 Å². The Morgan fingerprint density at radius 3 is 2.50 bits per heavy atom. The lowest BCUT2D eigenvalue weighted by molar-refractivity contribution is 0.355. The molecule has 2 aromatic carbocycles. The van der Waals surface area contributed by atoms with Crippen molar-refractivity contribution in [3.8, 4) is 22.9 Å². The van der Waals surface area contributed by atoms with Gasteiger partial charge in [-0.15, -0.1) is 16.8 Å². The average Bonchev–Trinajstić information content (AvgIpc) is 3.11. The van der Waals surface area contributed by atoms with Gasteiger partial charge in [0.2, 0.25) is 0 Å². The summed E-state index contributed by atoms with van der Waals surface area (Å²) in [6.07, 6.45) is 1.75. The largest absolute Gasteiger partial charge is 0.493 e. The van der Waals surface area contributed by atoms with E-state index in [-0.39, 0.29) is 0 Å². The Kier molecular flexibility index (Phi) is 6.30. The van der Waals surface area contributed by atoms with Crippen molar-refractivity contribution in [2.45, 2.75) is 17.5 Å². The molecule has 0 saturated heterocycles. The second kappa shape index (κ2) is 8.88. The van der Waals surface area contributed by atoms with Crippen LogP contribution in [0.1, 0.15) is 5.56 Å². The summed E-state index contributed by atoms with van der Waals surface area (Å²) < 4.78 is 39.0. The fourth-order valence-electron chi connectivity index (χ4n) is 2.66. The number of benzene rings is 2. The number of ether oxygens (including phenoxy) is 2. The molecule has 0 amide bonds. The predicted molar refractivity (Wildman–Crippen MR) is 105 cm³/mol. The van der Waals surface area contributed by atoms with E-state index in [0.717, 1.165) is 11.6 Å². The van der Waals surface area contributed by atoms with Crippen LogP contribution in [-0.4, -0.2) is 29.0 Å². The van der Waals surface area contributed by atoms with Crippen LogP contribution in [0.3, 0.4) is 0 Å². The molecule has 0 radical (unpaired) electrons. The highest BCUT2D eigenvalue weighted by atomic mass is 32.2. The number of thioether (sulfide) groups is 1. The number of hydrogen-bond donors (Lipinski definition) is 0. The van der Waals surface area contributed by atoms with E-state index in [1.54, 1.807) is 32.4 Å². The quantitative estimate of drug-likeness (QED) is 0.402. The predicted octanol–water partition coefficient (Wildman–Crippen LogP) is 4.72. The molecule has 0 atom stereocenters. The number of methoxy groups -OCH3 is 2. The van der Waals surface area contributed by atoms with Crippen LogP contribution in [0.25, 0.3) is 11.4 Å². The van der Waals surface area contributed by atoms with E-state index < -0.39 is 11.6 Å². The molecule has 28 heavy (non-hydrogen) atoms. The third-order valence-electron chi connectivity index (χ3n) is 4.02. The highest BCUT2D eigenvalue weighted by Gasteiger charge is 2.16. The molecule has 0 aliphatic rings. The fourth-order valence-corrected chi connectivity index (χ4v) is 3.55. The molecule has 0 aliphatic heterocycles. The molecule has 146 valence electrons. The smallest absolute Gasteiger partial charge is 0.192 e. The molecule has 3 aromatic rings. The van der Waals surface area contributed by atoms with E-state index in [1.807, 2.05) is 16.7 Å². The number of nitrogens with zero attached hydrogens (tertiary/aromatic N) is 3. The average molecular weight is 403 g/mol. The maximum atomic E-state index is 13.4. The van der Waals surface area contributed by atoms with Crippen LogP contribution in [0.5, 0.6) is 11.5 Å². The Morgan fingerprint density at radius 1 is 1.04 bits per heavy atom. The van der Waals surface area contributed by atoms with Gasteiger partial charge in [0.05, 0.1) is 14.2 Å². The molecule has 1 heterocycles. The van der Waals surface area contributed by atoms with Gasteiger partial charge in [-0.2, -0.15) is 0 Å². The van der Waals surface area contributed by atoms with Crippen LogP contribution in [0, 0.1) is 11.6 Å². The minimum atomic E-state index is -0.864. The summed E-state index contributed by atoms with van der Waals surface area (Å²) in [6, 6.07) is 9.35. The molecule has 1 aromatic heterocycles. The van der Waals surface area contributed by atoms with Gasteiger partial charge in [-0.3, -0.25) is 4.57 Å². The summed E-state index contributed by atoms with van der Waals surface area (Å²) in [5.74, 6) is 0.557. The molecular weight excluding hydrogens is 384 g/mol. The first-order valence-electron chi connectivity index (χ1n) is 8.40. The highest BCUT2D eigenvalue weighted by molar-refractivity contribution is 7.98. The van der Waals surface area contributed by atoms with Crippen molar-refractivity contribution < 1.29 is 18.3 Å². The normalized spacial score (nSPS) is 10.7. The third-order valence-corrected chi connectivity index (χ3v) is 5.06. The van der Waals surface area contributed by atoms with Crippen LogP contribution in [0.2, 0.25) is 0 Å². The van der Waals surface area contributed by atoms with Gasteiger partial charge in [-0.1, -0.05) is 23.9 Å². The van der Waals surface area contributed by atoms with Crippen LogP contribution in [-0.2, 0) is 12.3 Å². The Labute approximate surface area is 166 Å². The number of halogens is 2. The second-order valence-electron chi connectivity index (χ2n) is 5.81. The lowest BCUT2D eigenvalue weighted by Gasteiger charge is -2.11. The summed E-state index contributed by atoms with van der Waals surface area (Å²) in [6.45, 7) is 4.29. The van der Waals surface area contributed by atoms with E-state index in [9.17, 15) is 8.78 Å². The molecule has 0 spiro atoms.